The molecule has 1 aromatic heterocycles. The third-order valence-electron chi connectivity index (χ3n) is 1.23. The van der Waals surface area contributed by atoms with Gasteiger partial charge in [-0.15, -0.1) is 11.3 Å². The van der Waals surface area contributed by atoms with Gasteiger partial charge >= 0.3 is 5.97 Å². The van der Waals surface area contributed by atoms with Crippen LogP contribution in [0.25, 0.3) is 0 Å². The number of esters is 1. The summed E-state index contributed by atoms with van der Waals surface area (Å²) in [5, 5.41) is 2.59. The van der Waals surface area contributed by atoms with E-state index in [-0.39, 0.29) is 5.97 Å². The highest BCUT2D eigenvalue weighted by atomic mass is 32.1. The molecule has 1 aromatic rings. The number of nitrogens with zero attached hydrogens (tertiary/aromatic N) is 1. The Balaban J connectivity index is 2.70. The van der Waals surface area contributed by atoms with Crippen molar-refractivity contribution in [3.8, 4) is 0 Å². The zero-order chi connectivity index (χ0) is 10.1. The Hall–Kier alpha value is -0.900. The molecule has 1 heterocycles. The topological polar surface area (TPSA) is 39.2 Å². The second-order valence-electron chi connectivity index (χ2n) is 3.75. The molecule has 0 aliphatic carbocycles. The van der Waals surface area contributed by atoms with Crippen LogP contribution in [0, 0.1) is 6.92 Å². The predicted octanol–water partition coefficient (Wildman–Crippen LogP) is 2.41. The Morgan fingerprint density at radius 3 is 2.54 bits per heavy atom. The summed E-state index contributed by atoms with van der Waals surface area (Å²) in [5.74, 6) is -0.350. The van der Waals surface area contributed by atoms with Gasteiger partial charge in [-0.1, -0.05) is 0 Å². The van der Waals surface area contributed by atoms with Crippen LogP contribution in [0.1, 0.15) is 36.3 Å². The molecule has 0 fully saturated rings. The summed E-state index contributed by atoms with van der Waals surface area (Å²) in [6.45, 7) is 7.37. The van der Waals surface area contributed by atoms with Crippen molar-refractivity contribution in [1.29, 1.82) is 0 Å². The van der Waals surface area contributed by atoms with Crippen LogP contribution < -0.4 is 0 Å². The number of aryl methyl sites for hydroxylation is 1. The maximum atomic E-state index is 11.4. The minimum atomic E-state index is -0.450. The lowest BCUT2D eigenvalue weighted by Crippen LogP contribution is -2.24. The first-order chi connectivity index (χ1) is 5.88. The van der Waals surface area contributed by atoms with Crippen molar-refractivity contribution in [3.63, 3.8) is 0 Å². The van der Waals surface area contributed by atoms with Gasteiger partial charge in [0.2, 0.25) is 0 Å². The van der Waals surface area contributed by atoms with Crippen LogP contribution in [0.4, 0.5) is 0 Å². The normalized spacial score (nSPS) is 11.4. The second-order valence-corrected chi connectivity index (χ2v) is 4.82. The monoisotopic (exact) mass is 199 g/mol. The number of thiazole rings is 1. The number of ether oxygens (including phenoxy) is 1. The molecule has 0 aliphatic rings. The van der Waals surface area contributed by atoms with Crippen molar-refractivity contribution in [2.45, 2.75) is 33.3 Å². The summed E-state index contributed by atoms with van der Waals surface area (Å²) < 4.78 is 5.14. The molecule has 13 heavy (non-hydrogen) atoms. The molecule has 1 rings (SSSR count). The van der Waals surface area contributed by atoms with Gasteiger partial charge in [0, 0.05) is 5.38 Å². The average Bonchev–Trinajstić information content (AvgIpc) is 2.31. The average molecular weight is 199 g/mol. The van der Waals surface area contributed by atoms with Crippen molar-refractivity contribution in [3.05, 3.63) is 16.1 Å². The largest absolute Gasteiger partial charge is 0.455 e. The third kappa shape index (κ3) is 3.14. The summed E-state index contributed by atoms with van der Waals surface area (Å²) in [6, 6.07) is 0. The first kappa shape index (κ1) is 10.2. The van der Waals surface area contributed by atoms with Crippen LogP contribution >= 0.6 is 11.3 Å². The summed E-state index contributed by atoms with van der Waals surface area (Å²) >= 11 is 1.45. The molecule has 0 aliphatic heterocycles. The lowest BCUT2D eigenvalue weighted by molar-refractivity contribution is 0.00636. The molecule has 3 nitrogen and oxygen atoms in total. The van der Waals surface area contributed by atoms with E-state index in [1.54, 1.807) is 5.38 Å². The summed E-state index contributed by atoms with van der Waals surface area (Å²) in [4.78, 5) is 15.4. The Morgan fingerprint density at radius 1 is 1.54 bits per heavy atom. The van der Waals surface area contributed by atoms with Gasteiger partial charge in [0.25, 0.3) is 0 Å². The van der Waals surface area contributed by atoms with Crippen LogP contribution in [-0.2, 0) is 4.74 Å². The molecular formula is C9H13NO2S. The maximum Gasteiger partial charge on any atom is 0.358 e. The minimum absolute atomic E-state index is 0.350. The van der Waals surface area contributed by atoms with Crippen molar-refractivity contribution in [2.24, 2.45) is 0 Å². The molecule has 0 spiro atoms. The molecule has 0 atom stereocenters. The van der Waals surface area contributed by atoms with Gasteiger partial charge in [-0.05, 0) is 27.7 Å². The molecule has 0 N–H and O–H groups in total. The molecule has 0 unspecified atom stereocenters. The minimum Gasteiger partial charge on any atom is -0.455 e. The van der Waals surface area contributed by atoms with E-state index >= 15 is 0 Å². The smallest absolute Gasteiger partial charge is 0.358 e. The van der Waals surface area contributed by atoms with E-state index in [0.29, 0.717) is 5.69 Å². The molecule has 0 saturated heterocycles. The number of hydrogen-bond donors (Lipinski definition) is 0. The number of hydrogen-bond acceptors (Lipinski definition) is 4. The van der Waals surface area contributed by atoms with Gasteiger partial charge in [0.15, 0.2) is 5.69 Å². The fourth-order valence-corrected chi connectivity index (χ4v) is 1.37. The molecule has 0 bridgehead atoms. The lowest BCUT2D eigenvalue weighted by atomic mass is 10.2. The second kappa shape index (κ2) is 3.46. The first-order valence-corrected chi connectivity index (χ1v) is 4.92. The van der Waals surface area contributed by atoms with Gasteiger partial charge < -0.3 is 4.74 Å². The number of aromatic nitrogens is 1. The first-order valence-electron chi connectivity index (χ1n) is 4.04. The molecule has 0 saturated carbocycles. The van der Waals surface area contributed by atoms with Gasteiger partial charge in [0.1, 0.15) is 5.60 Å². The number of rotatable bonds is 1. The van der Waals surface area contributed by atoms with E-state index in [2.05, 4.69) is 4.98 Å². The summed E-state index contributed by atoms with van der Waals surface area (Å²) in [5.41, 5.74) is -0.0494. The molecule has 0 aromatic carbocycles. The van der Waals surface area contributed by atoms with E-state index in [9.17, 15) is 4.79 Å². The van der Waals surface area contributed by atoms with Crippen molar-refractivity contribution >= 4 is 17.3 Å². The van der Waals surface area contributed by atoms with E-state index < -0.39 is 5.60 Å². The predicted molar refractivity (Wildman–Crippen MR) is 52.0 cm³/mol. The van der Waals surface area contributed by atoms with Crippen LogP contribution in [0.5, 0.6) is 0 Å². The maximum absolute atomic E-state index is 11.4. The summed E-state index contributed by atoms with van der Waals surface area (Å²) in [6.07, 6.45) is 0. The highest BCUT2D eigenvalue weighted by Gasteiger charge is 2.19. The fourth-order valence-electron chi connectivity index (χ4n) is 0.788. The number of carbonyl (C=O) groups excluding carboxylic acids is 1. The standard InChI is InChI=1S/C9H13NO2S/c1-6-10-7(5-13-6)8(11)12-9(2,3)4/h5H,1-4H3. The quantitative estimate of drug-likeness (QED) is 0.652. The van der Waals surface area contributed by atoms with Crippen LogP contribution in [0.3, 0.4) is 0 Å². The van der Waals surface area contributed by atoms with Gasteiger partial charge in [-0.25, -0.2) is 9.78 Å². The molecule has 0 amide bonds. The zero-order valence-electron chi connectivity index (χ0n) is 8.25. The molecule has 72 valence electrons. The van der Waals surface area contributed by atoms with Crippen molar-refractivity contribution in [1.82, 2.24) is 4.98 Å². The highest BCUT2D eigenvalue weighted by Crippen LogP contribution is 2.14. The Kier molecular flexibility index (Phi) is 2.71. The van der Waals surface area contributed by atoms with Crippen molar-refractivity contribution < 1.29 is 9.53 Å². The SMILES string of the molecule is Cc1nc(C(=O)OC(C)(C)C)cs1. The van der Waals surface area contributed by atoms with Crippen LogP contribution in [-0.4, -0.2) is 16.6 Å². The molecule has 4 heteroatoms. The Morgan fingerprint density at radius 2 is 2.15 bits per heavy atom. The van der Waals surface area contributed by atoms with Gasteiger partial charge in [-0.2, -0.15) is 0 Å². The van der Waals surface area contributed by atoms with Crippen LogP contribution in [0.2, 0.25) is 0 Å². The van der Waals surface area contributed by atoms with E-state index in [1.807, 2.05) is 27.7 Å². The van der Waals surface area contributed by atoms with E-state index in [0.717, 1.165) is 5.01 Å². The highest BCUT2D eigenvalue weighted by molar-refractivity contribution is 7.09. The third-order valence-corrected chi connectivity index (χ3v) is 2.00. The van der Waals surface area contributed by atoms with Crippen LogP contribution in [0.15, 0.2) is 5.38 Å². The lowest BCUT2D eigenvalue weighted by Gasteiger charge is -2.18. The van der Waals surface area contributed by atoms with Gasteiger partial charge in [-0.3, -0.25) is 0 Å². The van der Waals surface area contributed by atoms with E-state index in [1.165, 1.54) is 11.3 Å². The van der Waals surface area contributed by atoms with Gasteiger partial charge in [0.05, 0.1) is 5.01 Å². The molecular weight excluding hydrogens is 186 g/mol. The summed E-state index contributed by atoms with van der Waals surface area (Å²) in [7, 11) is 0. The Bertz CT molecular complexity index is 312. The van der Waals surface area contributed by atoms with E-state index in [4.69, 9.17) is 4.74 Å². The molecule has 0 radical (unpaired) electrons. The Labute approximate surface area is 81.8 Å². The van der Waals surface area contributed by atoms with Crippen molar-refractivity contribution in [2.75, 3.05) is 0 Å². The zero-order valence-corrected chi connectivity index (χ0v) is 9.07. The fraction of sp³-hybridized carbons (Fsp3) is 0.556. The number of carbonyl (C=O) groups is 1.